The van der Waals surface area contributed by atoms with E-state index in [0.717, 1.165) is 71.0 Å². The van der Waals surface area contributed by atoms with Crippen LogP contribution in [-0.2, 0) is 39.5 Å². The Morgan fingerprint density at radius 1 is 0.362 bits per heavy atom. The fourth-order valence-electron chi connectivity index (χ4n) is 8.73. The highest BCUT2D eigenvalue weighted by molar-refractivity contribution is 7.90. The van der Waals surface area contributed by atoms with Crippen molar-refractivity contribution >= 4 is 30.1 Å². The van der Waals surface area contributed by atoms with Gasteiger partial charge in [-0.05, 0) is 120 Å². The molecule has 352 valence electrons. The number of hydrogen-bond acceptors (Lipinski definition) is 8. The van der Waals surface area contributed by atoms with Crippen LogP contribution < -0.4 is 15.4 Å². The molecule has 11 nitrogen and oxygen atoms in total. The van der Waals surface area contributed by atoms with Crippen LogP contribution in [0.25, 0.3) is 0 Å². The van der Waals surface area contributed by atoms with Gasteiger partial charge in [-0.25, -0.2) is 40.7 Å². The first-order valence-electron chi connectivity index (χ1n) is 23.4. The highest BCUT2D eigenvalue weighted by Crippen LogP contribution is 2.39. The molecule has 0 saturated carbocycles. The zero-order valence-corrected chi connectivity index (χ0v) is 41.6. The average Bonchev–Trinajstić information content (AvgIpc) is 3.18. The average molecular weight is 890 g/mol. The van der Waals surface area contributed by atoms with E-state index in [4.69, 9.17) is 24.9 Å². The Hall–Kier alpha value is -0.350. The number of primary sulfonamides is 3. The van der Waals surface area contributed by atoms with Crippen LogP contribution in [0.1, 0.15) is 229 Å². The van der Waals surface area contributed by atoms with E-state index < -0.39 is 39.6 Å². The SMILES string of the molecule is CCC(CC)(CCCCOCCCCC(CC)(CC)S(N)(=O)=O)S(N)(=O)=O.CCCCC(CC)(CC)CCCCOCCCCC(CC)(CC)CCCCS(N)(=O)=O. The van der Waals surface area contributed by atoms with Gasteiger partial charge in [0.05, 0.1) is 15.2 Å². The maximum Gasteiger partial charge on any atom is 0.214 e. The van der Waals surface area contributed by atoms with E-state index in [2.05, 4.69) is 34.6 Å². The molecule has 6 N–H and O–H groups in total. The molecule has 0 aromatic rings. The van der Waals surface area contributed by atoms with Gasteiger partial charge in [0.2, 0.25) is 30.1 Å². The number of nitrogens with two attached hydrogens (primary N) is 3. The minimum atomic E-state index is -3.56. The summed E-state index contributed by atoms with van der Waals surface area (Å²) in [5, 5.41) is 15.9. The first-order chi connectivity index (χ1) is 27.2. The zero-order valence-electron chi connectivity index (χ0n) is 39.1. The fourth-order valence-corrected chi connectivity index (χ4v) is 11.8. The summed E-state index contributed by atoms with van der Waals surface area (Å²) in [6.07, 6.45) is 25.3. The normalized spacial score (nSPS) is 13.4. The van der Waals surface area contributed by atoms with E-state index in [9.17, 15) is 25.3 Å². The molecule has 0 unspecified atom stereocenters. The number of ether oxygens (including phenoxy) is 2. The Kier molecular flexibility index (Phi) is 32.4. The predicted octanol–water partition coefficient (Wildman–Crippen LogP) is 10.6. The molecule has 0 saturated heterocycles. The van der Waals surface area contributed by atoms with E-state index in [1.54, 1.807) is 0 Å². The standard InChI is InChI=1S/C26H55NO3S.C18H40N2O5S2/c1-6-11-18-25(7-2,8-3)19-12-15-22-30-23-16-13-20-26(9-4,10-5)21-14-17-24-31(27,28)29;1-5-17(6-2,26(19,21)22)13-9-11-15-25-16-12-10-14-18(7-3,8-4)27(20,23)24/h6-24H2,1-5H3,(H2,27,28,29);5-16H2,1-4H3,(H2,19,21,22)(H2,20,23,24). The third kappa shape index (κ3) is 23.8. The minimum Gasteiger partial charge on any atom is -0.381 e. The lowest BCUT2D eigenvalue weighted by molar-refractivity contribution is 0.113. The Balaban J connectivity index is 0. The Labute approximate surface area is 360 Å². The third-order valence-corrected chi connectivity index (χ3v) is 18.9. The first kappa shape index (κ1) is 59.7. The Bertz CT molecular complexity index is 1270. The molecule has 0 aliphatic carbocycles. The van der Waals surface area contributed by atoms with E-state index in [0.29, 0.717) is 69.0 Å². The molecule has 0 aromatic heterocycles. The van der Waals surface area contributed by atoms with Gasteiger partial charge in [0.15, 0.2) is 0 Å². The Morgan fingerprint density at radius 2 is 0.638 bits per heavy atom. The van der Waals surface area contributed by atoms with Gasteiger partial charge in [-0.15, -0.1) is 0 Å². The van der Waals surface area contributed by atoms with Crippen molar-refractivity contribution in [3.63, 3.8) is 0 Å². The number of rotatable bonds is 38. The van der Waals surface area contributed by atoms with Crippen molar-refractivity contribution in [2.75, 3.05) is 32.2 Å². The molecule has 0 aliphatic rings. The van der Waals surface area contributed by atoms with Crippen molar-refractivity contribution in [2.24, 2.45) is 26.2 Å². The molecule has 58 heavy (non-hydrogen) atoms. The Morgan fingerprint density at radius 3 is 0.879 bits per heavy atom. The zero-order chi connectivity index (χ0) is 44.8. The predicted molar refractivity (Wildman–Crippen MR) is 247 cm³/mol. The molecule has 0 amide bonds. The van der Waals surface area contributed by atoms with Gasteiger partial charge in [0.25, 0.3) is 0 Å². The lowest BCUT2D eigenvalue weighted by Crippen LogP contribution is -2.42. The monoisotopic (exact) mass is 890 g/mol. The van der Waals surface area contributed by atoms with Gasteiger partial charge in [0.1, 0.15) is 0 Å². The third-order valence-electron chi connectivity index (χ3n) is 14.1. The minimum absolute atomic E-state index is 0.112. The quantitative estimate of drug-likeness (QED) is 0.0509. The van der Waals surface area contributed by atoms with Crippen LogP contribution in [0.3, 0.4) is 0 Å². The van der Waals surface area contributed by atoms with E-state index >= 15 is 0 Å². The van der Waals surface area contributed by atoms with Gasteiger partial charge >= 0.3 is 0 Å². The van der Waals surface area contributed by atoms with Crippen LogP contribution in [0.4, 0.5) is 0 Å². The summed E-state index contributed by atoms with van der Waals surface area (Å²) in [6.45, 7) is 21.9. The topological polar surface area (TPSA) is 199 Å². The van der Waals surface area contributed by atoms with Crippen molar-refractivity contribution in [1.29, 1.82) is 0 Å². The molecular formula is C44H95N3O8S3. The van der Waals surface area contributed by atoms with Crippen molar-refractivity contribution in [3.8, 4) is 0 Å². The molecule has 0 heterocycles. The molecule has 0 fully saturated rings. The van der Waals surface area contributed by atoms with Gasteiger partial charge in [-0.2, -0.15) is 0 Å². The summed E-state index contributed by atoms with van der Waals surface area (Å²) < 4.78 is 79.5. The second kappa shape index (κ2) is 31.5. The summed E-state index contributed by atoms with van der Waals surface area (Å²) >= 11 is 0. The van der Waals surface area contributed by atoms with Crippen LogP contribution in [0.2, 0.25) is 0 Å². The highest BCUT2D eigenvalue weighted by atomic mass is 32.2. The molecule has 0 aromatic carbocycles. The van der Waals surface area contributed by atoms with Crippen molar-refractivity contribution < 1.29 is 34.7 Å². The molecule has 0 rings (SSSR count). The van der Waals surface area contributed by atoms with Crippen LogP contribution in [0, 0.1) is 10.8 Å². The van der Waals surface area contributed by atoms with Crippen LogP contribution >= 0.6 is 0 Å². The summed E-state index contributed by atoms with van der Waals surface area (Å²) in [4.78, 5) is 0. The number of unbranched alkanes of at least 4 members (excludes halogenated alkanes) is 6. The van der Waals surface area contributed by atoms with Gasteiger partial charge in [-0.3, -0.25) is 0 Å². The van der Waals surface area contributed by atoms with Crippen molar-refractivity contribution in [2.45, 2.75) is 239 Å². The number of sulfonamides is 3. The number of hydrogen-bond donors (Lipinski definition) is 3. The van der Waals surface area contributed by atoms with Crippen molar-refractivity contribution in [3.05, 3.63) is 0 Å². The molecule has 0 radical (unpaired) electrons. The molecule has 0 aliphatic heterocycles. The lowest BCUT2D eigenvalue weighted by Gasteiger charge is -2.32. The van der Waals surface area contributed by atoms with Gasteiger partial charge in [0, 0.05) is 26.4 Å². The first-order valence-corrected chi connectivity index (χ1v) is 28.2. The molecular weight excluding hydrogens is 795 g/mol. The highest BCUT2D eigenvalue weighted by Gasteiger charge is 2.38. The van der Waals surface area contributed by atoms with Gasteiger partial charge < -0.3 is 9.47 Å². The van der Waals surface area contributed by atoms with Crippen LogP contribution in [0.5, 0.6) is 0 Å². The summed E-state index contributed by atoms with van der Waals surface area (Å²) in [7, 11) is -10.4. The summed E-state index contributed by atoms with van der Waals surface area (Å²) in [6, 6.07) is 0. The lowest BCUT2D eigenvalue weighted by atomic mass is 9.74. The van der Waals surface area contributed by atoms with E-state index in [-0.39, 0.29) is 5.75 Å². The molecule has 0 bridgehead atoms. The van der Waals surface area contributed by atoms with E-state index in [1.165, 1.54) is 64.2 Å². The maximum absolute atomic E-state index is 11.8. The van der Waals surface area contributed by atoms with E-state index in [1.807, 2.05) is 27.7 Å². The largest absolute Gasteiger partial charge is 0.381 e. The second-order valence-electron chi connectivity index (χ2n) is 17.3. The second-order valence-corrected chi connectivity index (χ2v) is 22.9. The smallest absolute Gasteiger partial charge is 0.214 e. The van der Waals surface area contributed by atoms with Crippen molar-refractivity contribution in [1.82, 2.24) is 0 Å². The molecule has 14 heteroatoms. The maximum atomic E-state index is 11.8. The molecule has 0 atom stereocenters. The summed E-state index contributed by atoms with van der Waals surface area (Å²) in [5.41, 5.74) is 0.911. The van der Waals surface area contributed by atoms with Gasteiger partial charge in [-0.1, -0.05) is 120 Å². The van der Waals surface area contributed by atoms with Crippen LogP contribution in [-0.4, -0.2) is 66.9 Å². The fraction of sp³-hybridized carbons (Fsp3) is 1.00. The molecule has 0 spiro atoms. The summed E-state index contributed by atoms with van der Waals surface area (Å²) in [5.74, 6) is 0.112. The van der Waals surface area contributed by atoms with Crippen LogP contribution in [0.15, 0.2) is 0 Å².